The molecule has 0 aliphatic carbocycles. The average Bonchev–Trinajstić information content (AvgIpc) is 3.13. The fraction of sp³-hybridized carbons (Fsp3) is 0.706. The highest BCUT2D eigenvalue weighted by atomic mass is 33.1. The molecule has 2 saturated heterocycles. The fourth-order valence-electron chi connectivity index (χ4n) is 3.13. The van der Waals surface area contributed by atoms with Gasteiger partial charge in [-0.25, -0.2) is 9.97 Å². The molecule has 0 radical (unpaired) electrons. The van der Waals surface area contributed by atoms with Gasteiger partial charge in [0.1, 0.15) is 6.10 Å². The molecule has 2 aliphatic heterocycles. The lowest BCUT2D eigenvalue weighted by Gasteiger charge is -2.32. The van der Waals surface area contributed by atoms with Crippen molar-refractivity contribution in [3.63, 3.8) is 0 Å². The predicted molar refractivity (Wildman–Crippen MR) is 99.2 cm³/mol. The quantitative estimate of drug-likeness (QED) is 0.542. The van der Waals surface area contributed by atoms with Crippen LogP contribution in [0.3, 0.4) is 0 Å². The summed E-state index contributed by atoms with van der Waals surface area (Å²) in [6.07, 6.45) is 10.7. The van der Waals surface area contributed by atoms with Crippen LogP contribution >= 0.6 is 21.6 Å². The first-order valence-corrected chi connectivity index (χ1v) is 11.2. The van der Waals surface area contributed by atoms with Gasteiger partial charge in [-0.3, -0.25) is 4.79 Å². The minimum atomic E-state index is 0.0111. The van der Waals surface area contributed by atoms with Crippen molar-refractivity contribution in [3.05, 3.63) is 18.5 Å². The zero-order chi connectivity index (χ0) is 16.6. The van der Waals surface area contributed by atoms with Crippen molar-refractivity contribution in [1.82, 2.24) is 14.9 Å². The Morgan fingerprint density at radius 1 is 1.29 bits per heavy atom. The van der Waals surface area contributed by atoms with Crippen LogP contribution in [0.25, 0.3) is 0 Å². The van der Waals surface area contributed by atoms with Crippen LogP contribution in [0.4, 0.5) is 0 Å². The van der Waals surface area contributed by atoms with Crippen LogP contribution < -0.4 is 4.74 Å². The number of piperidine rings is 1. The third kappa shape index (κ3) is 5.55. The molecule has 0 saturated carbocycles. The Balaban J connectivity index is 1.36. The van der Waals surface area contributed by atoms with E-state index in [1.807, 2.05) is 26.5 Å². The lowest BCUT2D eigenvalue weighted by Crippen LogP contribution is -2.44. The van der Waals surface area contributed by atoms with E-state index in [9.17, 15) is 4.79 Å². The molecule has 132 valence electrons. The molecule has 3 heterocycles. The molecule has 1 amide bonds. The highest BCUT2D eigenvalue weighted by Crippen LogP contribution is 2.39. The van der Waals surface area contributed by atoms with Crippen LogP contribution in [-0.2, 0) is 4.79 Å². The first-order valence-electron chi connectivity index (χ1n) is 8.81. The maximum atomic E-state index is 12.4. The van der Waals surface area contributed by atoms with Gasteiger partial charge in [-0.2, -0.15) is 0 Å². The number of likely N-dealkylation sites (tertiary alicyclic amines) is 1. The molecule has 2 atom stereocenters. The third-order valence-electron chi connectivity index (χ3n) is 4.44. The van der Waals surface area contributed by atoms with Gasteiger partial charge in [0, 0.05) is 36.4 Å². The maximum absolute atomic E-state index is 12.4. The molecule has 1 aromatic heterocycles. The number of ether oxygens (including phenoxy) is 1. The van der Waals surface area contributed by atoms with Crippen molar-refractivity contribution in [3.8, 4) is 6.01 Å². The second kappa shape index (κ2) is 9.51. The number of hydrogen-bond acceptors (Lipinski definition) is 6. The van der Waals surface area contributed by atoms with E-state index >= 15 is 0 Å². The summed E-state index contributed by atoms with van der Waals surface area (Å²) < 4.78 is 5.81. The molecule has 0 N–H and O–H groups in total. The Morgan fingerprint density at radius 2 is 2.17 bits per heavy atom. The van der Waals surface area contributed by atoms with Gasteiger partial charge in [0.05, 0.1) is 6.54 Å². The number of nitrogens with zero attached hydrogens (tertiary/aromatic N) is 3. The number of carbonyl (C=O) groups excluding carboxylic acids is 1. The van der Waals surface area contributed by atoms with Crippen LogP contribution in [0.5, 0.6) is 6.01 Å². The van der Waals surface area contributed by atoms with E-state index in [4.69, 9.17) is 4.74 Å². The summed E-state index contributed by atoms with van der Waals surface area (Å²) in [5.41, 5.74) is 0. The number of rotatable bonds is 7. The van der Waals surface area contributed by atoms with Crippen molar-refractivity contribution in [1.29, 1.82) is 0 Å². The Bertz CT molecular complexity index is 512. The van der Waals surface area contributed by atoms with E-state index in [1.165, 1.54) is 18.6 Å². The molecule has 0 bridgehead atoms. The van der Waals surface area contributed by atoms with Gasteiger partial charge in [-0.15, -0.1) is 0 Å². The van der Waals surface area contributed by atoms with Crippen LogP contribution in [0.1, 0.15) is 44.9 Å². The lowest BCUT2D eigenvalue weighted by atomic mass is 10.1. The smallest absolute Gasteiger partial charge is 0.316 e. The number of carbonyl (C=O) groups is 1. The van der Waals surface area contributed by atoms with E-state index in [1.54, 1.807) is 18.5 Å². The van der Waals surface area contributed by atoms with Crippen LogP contribution in [0.2, 0.25) is 0 Å². The Labute approximate surface area is 151 Å². The van der Waals surface area contributed by atoms with Gasteiger partial charge in [-0.05, 0) is 38.2 Å². The second-order valence-corrected chi connectivity index (χ2v) is 9.12. The normalized spacial score (nSPS) is 24.1. The van der Waals surface area contributed by atoms with Crippen LogP contribution in [0.15, 0.2) is 18.5 Å². The molecule has 2 aliphatic rings. The van der Waals surface area contributed by atoms with Crippen molar-refractivity contribution < 1.29 is 9.53 Å². The largest absolute Gasteiger partial charge is 0.458 e. The highest BCUT2D eigenvalue weighted by Gasteiger charge is 2.25. The predicted octanol–water partition coefficient (Wildman–Crippen LogP) is 3.56. The Morgan fingerprint density at radius 3 is 2.96 bits per heavy atom. The molecule has 2 fully saturated rings. The van der Waals surface area contributed by atoms with Crippen molar-refractivity contribution in [2.75, 3.05) is 18.8 Å². The summed E-state index contributed by atoms with van der Waals surface area (Å²) in [6.45, 7) is 1.51. The first-order chi connectivity index (χ1) is 11.8. The highest BCUT2D eigenvalue weighted by molar-refractivity contribution is 8.77. The van der Waals surface area contributed by atoms with Crippen molar-refractivity contribution in [2.24, 2.45) is 0 Å². The zero-order valence-electron chi connectivity index (χ0n) is 13.9. The van der Waals surface area contributed by atoms with Crippen LogP contribution in [-0.4, -0.2) is 51.0 Å². The van der Waals surface area contributed by atoms with Gasteiger partial charge in [0.2, 0.25) is 5.91 Å². The fourth-order valence-corrected chi connectivity index (χ4v) is 6.15. The van der Waals surface area contributed by atoms with Crippen molar-refractivity contribution >= 4 is 27.5 Å². The minimum Gasteiger partial charge on any atom is -0.458 e. The van der Waals surface area contributed by atoms with E-state index in [-0.39, 0.29) is 12.0 Å². The summed E-state index contributed by atoms with van der Waals surface area (Å²) in [7, 11) is 4.01. The molecular weight excluding hydrogens is 342 g/mol. The standard InChI is InChI=1S/C17H25N3O2S2/c21-16(7-2-1-6-15-8-12-23-24-15)20-11-3-5-14(13-20)22-17-18-9-4-10-19-17/h4,9-10,14-15H,1-3,5-8,11-13H2. The van der Waals surface area contributed by atoms with Crippen molar-refractivity contribution in [2.45, 2.75) is 56.3 Å². The van der Waals surface area contributed by atoms with E-state index < -0.39 is 0 Å². The number of unbranched alkanes of at least 4 members (excludes halogenated alkanes) is 1. The molecule has 0 spiro atoms. The lowest BCUT2D eigenvalue weighted by molar-refractivity contribution is -0.134. The number of hydrogen-bond donors (Lipinski definition) is 0. The molecular formula is C17H25N3O2S2. The monoisotopic (exact) mass is 367 g/mol. The maximum Gasteiger partial charge on any atom is 0.316 e. The molecule has 5 nitrogen and oxygen atoms in total. The Kier molecular flexibility index (Phi) is 7.08. The molecule has 24 heavy (non-hydrogen) atoms. The summed E-state index contributed by atoms with van der Waals surface area (Å²) >= 11 is 0. The topological polar surface area (TPSA) is 55.3 Å². The van der Waals surface area contributed by atoms with E-state index in [0.29, 0.717) is 19.0 Å². The van der Waals surface area contributed by atoms with Crippen LogP contribution in [0, 0.1) is 0 Å². The Hall–Kier alpha value is -0.950. The van der Waals surface area contributed by atoms with Gasteiger partial charge >= 0.3 is 6.01 Å². The average molecular weight is 368 g/mol. The molecule has 0 aromatic carbocycles. The van der Waals surface area contributed by atoms with Gasteiger partial charge < -0.3 is 9.64 Å². The van der Waals surface area contributed by atoms with Gasteiger partial charge in [-0.1, -0.05) is 28.0 Å². The van der Waals surface area contributed by atoms with Gasteiger partial charge in [0.15, 0.2) is 0 Å². The molecule has 3 rings (SSSR count). The molecule has 2 unspecified atom stereocenters. The third-order valence-corrected chi connectivity index (χ3v) is 7.45. The number of amides is 1. The molecule has 1 aromatic rings. The van der Waals surface area contributed by atoms with Gasteiger partial charge in [0.25, 0.3) is 0 Å². The zero-order valence-corrected chi connectivity index (χ0v) is 15.6. The SMILES string of the molecule is O=C(CCCCC1CCSS1)N1CCCC(Oc2ncccn2)C1. The summed E-state index contributed by atoms with van der Waals surface area (Å²) in [5, 5.41) is 0.809. The second-order valence-electron chi connectivity index (χ2n) is 6.33. The summed E-state index contributed by atoms with van der Waals surface area (Å²) in [5.74, 6) is 1.56. The first kappa shape index (κ1) is 17.9. The summed E-state index contributed by atoms with van der Waals surface area (Å²) in [4.78, 5) is 22.6. The van der Waals surface area contributed by atoms with E-state index in [2.05, 4.69) is 9.97 Å². The minimum absolute atomic E-state index is 0.0111. The summed E-state index contributed by atoms with van der Waals surface area (Å²) in [6, 6.07) is 2.18. The van der Waals surface area contributed by atoms with E-state index in [0.717, 1.165) is 37.5 Å². The number of aromatic nitrogens is 2. The molecule has 7 heteroatoms.